The third-order valence-corrected chi connectivity index (χ3v) is 8.45. The predicted octanol–water partition coefficient (Wildman–Crippen LogP) is 6.95. The van der Waals surface area contributed by atoms with Gasteiger partial charge in [-0.25, -0.2) is 0 Å². The highest BCUT2D eigenvalue weighted by atomic mass is 16.7. The first kappa shape index (κ1) is 31.4. The summed E-state index contributed by atoms with van der Waals surface area (Å²) in [5.41, 5.74) is 1.29. The summed E-state index contributed by atoms with van der Waals surface area (Å²) in [6.07, 6.45) is 0.231. The fourth-order valence-corrected chi connectivity index (χ4v) is 6.42. The van der Waals surface area contributed by atoms with Gasteiger partial charge in [-0.3, -0.25) is 4.79 Å². The summed E-state index contributed by atoms with van der Waals surface area (Å²) in [5.74, 6) is -0.846. The van der Waals surface area contributed by atoms with E-state index < -0.39 is 36.3 Å². The lowest BCUT2D eigenvalue weighted by Crippen LogP contribution is -2.56. The van der Waals surface area contributed by atoms with Crippen LogP contribution in [0.25, 0.3) is 0 Å². The summed E-state index contributed by atoms with van der Waals surface area (Å²) < 4.78 is 32.6. The molecule has 0 saturated carbocycles. The zero-order chi connectivity index (χ0) is 31.0. The molecule has 5 rings (SSSR count). The number of methoxy groups -OCH3 is 2. The molecule has 3 atom stereocenters. The largest absolute Gasteiger partial charge is 0.466 e. The number of rotatable bonds is 13. The van der Waals surface area contributed by atoms with Crippen molar-refractivity contribution >= 4 is 13.1 Å². The molecule has 0 spiro atoms. The van der Waals surface area contributed by atoms with Crippen LogP contribution in [0.15, 0.2) is 134 Å². The lowest BCUT2D eigenvalue weighted by Gasteiger charge is -2.47. The minimum atomic E-state index is -1.13. The summed E-state index contributed by atoms with van der Waals surface area (Å²) in [6.45, 7) is 6.10. The third-order valence-electron chi connectivity index (χ3n) is 8.45. The number of hydrogen-bond donors (Lipinski definition) is 0. The number of carbonyl (C=O) groups is 1. The van der Waals surface area contributed by atoms with Gasteiger partial charge in [0.1, 0.15) is 23.4 Å². The molecule has 0 aliphatic carbocycles. The predicted molar refractivity (Wildman–Crippen MR) is 172 cm³/mol. The van der Waals surface area contributed by atoms with Gasteiger partial charge >= 0.3 is 13.1 Å². The van der Waals surface area contributed by atoms with Gasteiger partial charge in [-0.15, -0.1) is 6.58 Å². The van der Waals surface area contributed by atoms with Crippen molar-refractivity contribution in [3.05, 3.63) is 156 Å². The number of esters is 1. The summed E-state index contributed by atoms with van der Waals surface area (Å²) in [7, 11) is 2.53. The average molecular weight is 591 g/mol. The van der Waals surface area contributed by atoms with E-state index in [4.69, 9.17) is 23.5 Å². The normalized spacial score (nSPS) is 17.7. The highest BCUT2D eigenvalue weighted by molar-refractivity contribution is 6.48. The number of benzene rings is 4. The highest BCUT2D eigenvalue weighted by Gasteiger charge is 2.62. The quantitative estimate of drug-likeness (QED) is 0.0955. The first-order valence-electron chi connectivity index (χ1n) is 15.0. The van der Waals surface area contributed by atoms with Gasteiger partial charge in [-0.2, -0.15) is 0 Å². The van der Waals surface area contributed by atoms with Crippen LogP contribution in [-0.4, -0.2) is 46.1 Å². The van der Waals surface area contributed by atoms with Gasteiger partial charge < -0.3 is 23.5 Å². The molecule has 4 aromatic carbocycles. The topological polar surface area (TPSA) is 63.2 Å². The van der Waals surface area contributed by atoms with E-state index in [1.807, 2.05) is 121 Å². The third kappa shape index (κ3) is 5.76. The number of ether oxygens (including phenoxy) is 3. The van der Waals surface area contributed by atoms with Crippen LogP contribution in [0.2, 0.25) is 5.82 Å². The van der Waals surface area contributed by atoms with Crippen molar-refractivity contribution in [2.75, 3.05) is 20.8 Å². The Hall–Kier alpha value is -4.01. The molecule has 0 bridgehead atoms. The minimum absolute atomic E-state index is 0.0504. The lowest BCUT2D eigenvalue weighted by molar-refractivity contribution is -0.143. The SMILES string of the molecule is C=CC(CC(=O)OCC)B1O[C@@H](C(OC)(c2ccccc2)c2ccccc2)[C@H](C(OC)(c2ccccc2)c2ccccc2)O1. The van der Waals surface area contributed by atoms with Crippen LogP contribution in [0.5, 0.6) is 0 Å². The Morgan fingerprint density at radius 3 is 1.34 bits per heavy atom. The van der Waals surface area contributed by atoms with E-state index in [1.165, 1.54) is 0 Å². The number of carbonyl (C=O) groups excluding carboxylic acids is 1. The first-order chi connectivity index (χ1) is 21.5. The molecule has 1 saturated heterocycles. The molecule has 1 fully saturated rings. The zero-order valence-electron chi connectivity index (χ0n) is 25.5. The Morgan fingerprint density at radius 1 is 0.727 bits per heavy atom. The smallest absolute Gasteiger partial charge is 0.465 e. The molecule has 6 nitrogen and oxygen atoms in total. The van der Waals surface area contributed by atoms with E-state index in [0.717, 1.165) is 22.3 Å². The summed E-state index contributed by atoms with van der Waals surface area (Å²) in [6, 6.07) is 40.1. The molecular weight excluding hydrogens is 551 g/mol. The van der Waals surface area contributed by atoms with Crippen LogP contribution in [-0.2, 0) is 39.5 Å². The molecule has 1 heterocycles. The van der Waals surface area contributed by atoms with Crippen LogP contribution < -0.4 is 0 Å². The second-order valence-corrected chi connectivity index (χ2v) is 10.7. The van der Waals surface area contributed by atoms with Crippen LogP contribution in [0.3, 0.4) is 0 Å². The van der Waals surface area contributed by atoms with Crippen LogP contribution in [0.4, 0.5) is 0 Å². The average Bonchev–Trinajstić information content (AvgIpc) is 3.53. The van der Waals surface area contributed by atoms with Gasteiger partial charge in [0.2, 0.25) is 0 Å². The molecule has 1 aliphatic heterocycles. The van der Waals surface area contributed by atoms with Gasteiger partial charge in [0.25, 0.3) is 0 Å². The van der Waals surface area contributed by atoms with Crippen molar-refractivity contribution in [3.8, 4) is 0 Å². The van der Waals surface area contributed by atoms with E-state index in [0.29, 0.717) is 0 Å². The van der Waals surface area contributed by atoms with Crippen LogP contribution >= 0.6 is 0 Å². The Morgan fingerprint density at radius 2 is 1.07 bits per heavy atom. The summed E-state index contributed by atoms with van der Waals surface area (Å²) in [5, 5.41) is 0. The summed E-state index contributed by atoms with van der Waals surface area (Å²) in [4.78, 5) is 12.7. The van der Waals surface area contributed by atoms with Gasteiger partial charge in [-0.1, -0.05) is 127 Å². The second-order valence-electron chi connectivity index (χ2n) is 10.7. The van der Waals surface area contributed by atoms with Crippen LogP contribution in [0.1, 0.15) is 35.6 Å². The molecule has 1 unspecified atom stereocenters. The monoisotopic (exact) mass is 590 g/mol. The van der Waals surface area contributed by atoms with E-state index in [1.54, 1.807) is 27.2 Å². The van der Waals surface area contributed by atoms with Crippen molar-refractivity contribution in [1.82, 2.24) is 0 Å². The molecule has 44 heavy (non-hydrogen) atoms. The van der Waals surface area contributed by atoms with Gasteiger partial charge in [0, 0.05) is 20.0 Å². The fraction of sp³-hybridized carbons (Fsp3) is 0.270. The highest BCUT2D eigenvalue weighted by Crippen LogP contribution is 2.51. The maximum atomic E-state index is 12.7. The molecule has 1 aliphatic rings. The van der Waals surface area contributed by atoms with E-state index in [-0.39, 0.29) is 19.0 Å². The molecular formula is C37H39BO6. The minimum Gasteiger partial charge on any atom is -0.466 e. The standard InChI is InChI=1S/C37H39BO6/c1-5-32(27-33(39)42-6-2)38-43-34(36(40-3,28-19-11-7-12-20-28)29-21-13-8-14-22-29)35(44-38)37(41-4,30-23-15-9-16-24-30)31-25-17-10-18-26-31/h5,7-26,32,34-35H,1,6,27H2,2-4H3/t32?,34-,35-/m1/s1. The molecule has 7 heteroatoms. The van der Waals surface area contributed by atoms with Crippen molar-refractivity contribution in [1.29, 1.82) is 0 Å². The molecule has 0 N–H and O–H groups in total. The Bertz CT molecular complexity index is 1300. The van der Waals surface area contributed by atoms with Crippen molar-refractivity contribution in [2.24, 2.45) is 0 Å². The molecule has 226 valence electrons. The molecule has 0 radical (unpaired) electrons. The van der Waals surface area contributed by atoms with Gasteiger partial charge in [0.15, 0.2) is 0 Å². The van der Waals surface area contributed by atoms with E-state index >= 15 is 0 Å². The van der Waals surface area contributed by atoms with Gasteiger partial charge in [0.05, 0.1) is 13.0 Å². The van der Waals surface area contributed by atoms with Crippen molar-refractivity contribution < 1.29 is 28.3 Å². The molecule has 4 aromatic rings. The van der Waals surface area contributed by atoms with Crippen molar-refractivity contribution in [2.45, 2.75) is 42.6 Å². The number of allylic oxidation sites excluding steroid dienone is 1. The maximum Gasteiger partial charge on any atom is 0.465 e. The van der Waals surface area contributed by atoms with Crippen molar-refractivity contribution in [3.63, 3.8) is 0 Å². The second kappa shape index (κ2) is 14.2. The fourth-order valence-electron chi connectivity index (χ4n) is 6.42. The Kier molecular flexibility index (Phi) is 10.1. The molecule has 0 amide bonds. The lowest BCUT2D eigenvalue weighted by atomic mass is 9.70. The zero-order valence-corrected chi connectivity index (χ0v) is 25.5. The Balaban J connectivity index is 1.78. The van der Waals surface area contributed by atoms with E-state index in [9.17, 15) is 4.79 Å². The first-order valence-corrected chi connectivity index (χ1v) is 15.0. The maximum absolute atomic E-state index is 12.7. The molecule has 0 aromatic heterocycles. The number of hydrogen-bond acceptors (Lipinski definition) is 6. The van der Waals surface area contributed by atoms with E-state index in [2.05, 4.69) is 6.58 Å². The van der Waals surface area contributed by atoms with Gasteiger partial charge in [-0.05, 0) is 29.2 Å². The van der Waals surface area contributed by atoms with Crippen LogP contribution in [0, 0.1) is 0 Å². The summed E-state index contributed by atoms with van der Waals surface area (Å²) >= 11 is 0. The Labute approximate surface area is 260 Å².